The second-order valence-electron chi connectivity index (χ2n) is 5.04. The maximum Gasteiger partial charge on any atom is 0.00951 e. The van der Waals surface area contributed by atoms with E-state index in [9.17, 15) is 0 Å². The molecule has 0 spiro atoms. The van der Waals surface area contributed by atoms with Crippen molar-refractivity contribution in [2.75, 3.05) is 13.1 Å². The summed E-state index contributed by atoms with van der Waals surface area (Å²) in [5.74, 6) is 0. The molecule has 1 rings (SSSR count). The molecule has 2 heteroatoms. The first-order valence-corrected chi connectivity index (χ1v) is 6.73. The largest absolute Gasteiger partial charge is 0.328 e. The topological polar surface area (TPSA) is 29.3 Å². The molecule has 2 nitrogen and oxygen atoms in total. The zero-order valence-electron chi connectivity index (χ0n) is 10.5. The van der Waals surface area contributed by atoms with Gasteiger partial charge in [-0.2, -0.15) is 0 Å². The fraction of sp³-hybridized carbons (Fsp3) is 1.00. The highest BCUT2D eigenvalue weighted by Gasteiger charge is 2.20. The van der Waals surface area contributed by atoms with Crippen molar-refractivity contribution in [2.45, 2.75) is 70.9 Å². The third kappa shape index (κ3) is 4.98. The fourth-order valence-electron chi connectivity index (χ4n) is 2.65. The molecular formula is C13H28N2. The zero-order chi connectivity index (χ0) is 11.1. The summed E-state index contributed by atoms with van der Waals surface area (Å²) in [4.78, 5) is 2.67. The maximum atomic E-state index is 5.75. The van der Waals surface area contributed by atoms with Gasteiger partial charge in [0.05, 0.1) is 0 Å². The van der Waals surface area contributed by atoms with Crippen molar-refractivity contribution >= 4 is 0 Å². The molecule has 15 heavy (non-hydrogen) atoms. The van der Waals surface area contributed by atoms with Crippen LogP contribution in [0.4, 0.5) is 0 Å². The normalized spacial score (nSPS) is 20.0. The molecule has 2 N–H and O–H groups in total. The Morgan fingerprint density at radius 1 is 1.27 bits per heavy atom. The van der Waals surface area contributed by atoms with Gasteiger partial charge in [0.25, 0.3) is 0 Å². The number of nitrogens with two attached hydrogens (primary N) is 1. The molecule has 1 atom stereocenters. The number of hydrogen-bond donors (Lipinski definition) is 1. The highest BCUT2D eigenvalue weighted by molar-refractivity contribution is 4.76. The van der Waals surface area contributed by atoms with Crippen molar-refractivity contribution in [3.8, 4) is 0 Å². The summed E-state index contributed by atoms with van der Waals surface area (Å²) in [5.41, 5.74) is 5.75. The third-order valence-corrected chi connectivity index (χ3v) is 3.60. The Bertz CT molecular complexity index is 151. The number of unbranched alkanes of at least 4 members (excludes halogenated alkanes) is 1. The van der Waals surface area contributed by atoms with E-state index in [1.54, 1.807) is 0 Å². The Kier molecular flexibility index (Phi) is 6.26. The highest BCUT2D eigenvalue weighted by Crippen LogP contribution is 2.23. The predicted octanol–water partition coefficient (Wildman–Crippen LogP) is 2.77. The van der Waals surface area contributed by atoms with Crippen LogP contribution in [0.25, 0.3) is 0 Å². The van der Waals surface area contributed by atoms with Gasteiger partial charge in [-0.25, -0.2) is 0 Å². The SMILES string of the molecule is CCN(CCCCC(C)N)C1CCCC1. The lowest BCUT2D eigenvalue weighted by atomic mass is 10.1. The maximum absolute atomic E-state index is 5.75. The van der Waals surface area contributed by atoms with E-state index in [4.69, 9.17) is 5.73 Å². The molecule has 0 aromatic heterocycles. The summed E-state index contributed by atoms with van der Waals surface area (Å²) >= 11 is 0. The van der Waals surface area contributed by atoms with E-state index in [1.807, 2.05) is 0 Å². The lowest BCUT2D eigenvalue weighted by Gasteiger charge is -2.27. The Morgan fingerprint density at radius 2 is 1.93 bits per heavy atom. The first kappa shape index (κ1) is 13.0. The first-order valence-electron chi connectivity index (χ1n) is 6.73. The highest BCUT2D eigenvalue weighted by atomic mass is 15.1. The van der Waals surface area contributed by atoms with Crippen LogP contribution >= 0.6 is 0 Å². The van der Waals surface area contributed by atoms with Crippen molar-refractivity contribution in [3.63, 3.8) is 0 Å². The molecule has 1 fully saturated rings. The van der Waals surface area contributed by atoms with E-state index in [-0.39, 0.29) is 0 Å². The van der Waals surface area contributed by atoms with Gasteiger partial charge >= 0.3 is 0 Å². The van der Waals surface area contributed by atoms with Gasteiger partial charge in [-0.3, -0.25) is 0 Å². The second-order valence-corrected chi connectivity index (χ2v) is 5.04. The minimum Gasteiger partial charge on any atom is -0.328 e. The second kappa shape index (κ2) is 7.24. The van der Waals surface area contributed by atoms with E-state index >= 15 is 0 Å². The van der Waals surface area contributed by atoms with E-state index < -0.39 is 0 Å². The molecule has 1 aliphatic carbocycles. The minimum absolute atomic E-state index is 0.381. The molecule has 0 aromatic carbocycles. The van der Waals surface area contributed by atoms with Crippen molar-refractivity contribution in [2.24, 2.45) is 5.73 Å². The summed E-state index contributed by atoms with van der Waals surface area (Å²) in [6, 6.07) is 1.27. The van der Waals surface area contributed by atoms with Gasteiger partial charge in [0, 0.05) is 12.1 Å². The Labute approximate surface area is 95.2 Å². The molecule has 1 saturated carbocycles. The Morgan fingerprint density at radius 3 is 2.47 bits per heavy atom. The average Bonchev–Trinajstić information content (AvgIpc) is 2.70. The molecule has 0 saturated heterocycles. The Balaban J connectivity index is 2.10. The molecule has 90 valence electrons. The minimum atomic E-state index is 0.381. The lowest BCUT2D eigenvalue weighted by Crippen LogP contribution is -2.34. The molecule has 0 amide bonds. The quantitative estimate of drug-likeness (QED) is 0.658. The van der Waals surface area contributed by atoms with Crippen LogP contribution in [0.2, 0.25) is 0 Å². The van der Waals surface area contributed by atoms with Gasteiger partial charge in [-0.15, -0.1) is 0 Å². The zero-order valence-corrected chi connectivity index (χ0v) is 10.5. The Hall–Kier alpha value is -0.0800. The van der Waals surface area contributed by atoms with Gasteiger partial charge in [0.1, 0.15) is 0 Å². The molecule has 0 aliphatic heterocycles. The van der Waals surface area contributed by atoms with Crippen molar-refractivity contribution in [3.05, 3.63) is 0 Å². The summed E-state index contributed by atoms with van der Waals surface area (Å²) in [7, 11) is 0. The molecule has 0 heterocycles. The number of hydrogen-bond acceptors (Lipinski definition) is 2. The molecule has 1 unspecified atom stereocenters. The van der Waals surface area contributed by atoms with E-state index in [0.717, 1.165) is 6.04 Å². The molecule has 0 aromatic rings. The summed E-state index contributed by atoms with van der Waals surface area (Å²) in [5, 5.41) is 0. The molecule has 1 aliphatic rings. The van der Waals surface area contributed by atoms with Gasteiger partial charge in [0.2, 0.25) is 0 Å². The van der Waals surface area contributed by atoms with E-state index in [1.165, 1.54) is 58.0 Å². The van der Waals surface area contributed by atoms with Gasteiger partial charge in [-0.1, -0.05) is 26.2 Å². The van der Waals surface area contributed by atoms with Crippen molar-refractivity contribution < 1.29 is 0 Å². The van der Waals surface area contributed by atoms with E-state index in [0.29, 0.717) is 6.04 Å². The fourth-order valence-corrected chi connectivity index (χ4v) is 2.65. The van der Waals surface area contributed by atoms with Crippen LogP contribution in [0.5, 0.6) is 0 Å². The van der Waals surface area contributed by atoms with Crippen LogP contribution < -0.4 is 5.73 Å². The predicted molar refractivity (Wildman–Crippen MR) is 67.0 cm³/mol. The third-order valence-electron chi connectivity index (χ3n) is 3.60. The van der Waals surface area contributed by atoms with Gasteiger partial charge in [0.15, 0.2) is 0 Å². The van der Waals surface area contributed by atoms with Crippen LogP contribution in [0.15, 0.2) is 0 Å². The van der Waals surface area contributed by atoms with Crippen LogP contribution in [-0.2, 0) is 0 Å². The van der Waals surface area contributed by atoms with Crippen LogP contribution in [0.3, 0.4) is 0 Å². The van der Waals surface area contributed by atoms with E-state index in [2.05, 4.69) is 18.7 Å². The summed E-state index contributed by atoms with van der Waals surface area (Å²) < 4.78 is 0. The monoisotopic (exact) mass is 212 g/mol. The average molecular weight is 212 g/mol. The molecule has 0 radical (unpaired) electrons. The first-order chi connectivity index (χ1) is 7.24. The smallest absolute Gasteiger partial charge is 0.00951 e. The molecule has 0 bridgehead atoms. The van der Waals surface area contributed by atoms with Gasteiger partial charge < -0.3 is 10.6 Å². The van der Waals surface area contributed by atoms with Crippen molar-refractivity contribution in [1.29, 1.82) is 0 Å². The van der Waals surface area contributed by atoms with Crippen LogP contribution in [-0.4, -0.2) is 30.1 Å². The standard InChI is InChI=1S/C13H28N2/c1-3-15(13-9-4-5-10-13)11-7-6-8-12(2)14/h12-13H,3-11,14H2,1-2H3. The number of nitrogens with zero attached hydrogens (tertiary/aromatic N) is 1. The lowest BCUT2D eigenvalue weighted by molar-refractivity contribution is 0.204. The van der Waals surface area contributed by atoms with Gasteiger partial charge in [-0.05, 0) is 45.7 Å². The van der Waals surface area contributed by atoms with Crippen LogP contribution in [0.1, 0.15) is 58.8 Å². The summed E-state index contributed by atoms with van der Waals surface area (Å²) in [6.07, 6.45) is 9.55. The summed E-state index contributed by atoms with van der Waals surface area (Å²) in [6.45, 7) is 6.91. The number of rotatable bonds is 7. The van der Waals surface area contributed by atoms with Crippen LogP contribution in [0, 0.1) is 0 Å². The van der Waals surface area contributed by atoms with Crippen molar-refractivity contribution in [1.82, 2.24) is 4.90 Å². The molecular weight excluding hydrogens is 184 g/mol.